The van der Waals surface area contributed by atoms with Crippen LogP contribution in [-0.4, -0.2) is 37.2 Å². The molecule has 64 heavy (non-hydrogen) atoms. The summed E-state index contributed by atoms with van der Waals surface area (Å²) in [4.78, 5) is 38.0. The van der Waals surface area contributed by atoms with E-state index in [4.69, 9.17) is 14.2 Å². The van der Waals surface area contributed by atoms with Crippen molar-refractivity contribution in [3.63, 3.8) is 0 Å². The number of carbonyl (C=O) groups excluding carboxylic acids is 3. The fourth-order valence-electron chi connectivity index (χ4n) is 8.21. The Balaban J connectivity index is 4.29. The molecule has 0 fully saturated rings. The number of rotatable bonds is 51. The van der Waals surface area contributed by atoms with Crippen LogP contribution in [0.4, 0.5) is 0 Å². The van der Waals surface area contributed by atoms with Crippen molar-refractivity contribution >= 4 is 17.9 Å². The molecule has 0 aromatic rings. The van der Waals surface area contributed by atoms with Crippen LogP contribution in [0.15, 0.2) is 36.5 Å². The lowest BCUT2D eigenvalue weighted by Crippen LogP contribution is -2.30. The minimum absolute atomic E-state index is 0.0763. The van der Waals surface area contributed by atoms with Crippen molar-refractivity contribution in [3.8, 4) is 0 Å². The number of carbonyl (C=O) groups is 3. The molecule has 0 radical (unpaired) electrons. The van der Waals surface area contributed by atoms with E-state index in [-0.39, 0.29) is 31.1 Å². The van der Waals surface area contributed by atoms with Crippen LogP contribution in [0.5, 0.6) is 0 Å². The molecular formula is C58H106O6. The third-order valence-corrected chi connectivity index (χ3v) is 12.5. The van der Waals surface area contributed by atoms with Gasteiger partial charge in [0.25, 0.3) is 0 Å². The van der Waals surface area contributed by atoms with E-state index in [1.54, 1.807) is 0 Å². The molecule has 0 aliphatic carbocycles. The second-order valence-electron chi connectivity index (χ2n) is 18.9. The summed E-state index contributed by atoms with van der Waals surface area (Å²) in [6.45, 7) is 6.62. The van der Waals surface area contributed by atoms with E-state index >= 15 is 0 Å². The first-order chi connectivity index (χ1) is 31.5. The van der Waals surface area contributed by atoms with Crippen molar-refractivity contribution in [2.45, 2.75) is 303 Å². The van der Waals surface area contributed by atoms with Crippen LogP contribution >= 0.6 is 0 Å². The topological polar surface area (TPSA) is 78.9 Å². The van der Waals surface area contributed by atoms with Gasteiger partial charge < -0.3 is 14.2 Å². The average Bonchev–Trinajstić information content (AvgIpc) is 3.29. The van der Waals surface area contributed by atoms with Crippen LogP contribution in [0.3, 0.4) is 0 Å². The van der Waals surface area contributed by atoms with Gasteiger partial charge >= 0.3 is 17.9 Å². The van der Waals surface area contributed by atoms with Crippen molar-refractivity contribution in [2.75, 3.05) is 13.2 Å². The fraction of sp³-hybridized carbons (Fsp3) is 0.845. The molecule has 0 amide bonds. The first-order valence-corrected chi connectivity index (χ1v) is 28.0. The van der Waals surface area contributed by atoms with Crippen LogP contribution in [0.2, 0.25) is 0 Å². The van der Waals surface area contributed by atoms with Gasteiger partial charge in [-0.25, -0.2) is 0 Å². The summed E-state index contributed by atoms with van der Waals surface area (Å²) < 4.78 is 16.8. The van der Waals surface area contributed by atoms with Crippen molar-refractivity contribution in [1.29, 1.82) is 0 Å². The number of hydrogen-bond donors (Lipinski definition) is 0. The SMILES string of the molecule is CCCCCCC\C=C/C=C\C=C/CCCCCCCC(=O)OC(COC(=O)CCCCCCCCCCC)COC(=O)CCCCCCCCCCCCCCCCCCCCC. The molecule has 374 valence electrons. The number of allylic oxidation sites excluding steroid dienone is 6. The predicted octanol–water partition coefficient (Wildman–Crippen LogP) is 18.5. The lowest BCUT2D eigenvalue weighted by molar-refractivity contribution is -0.167. The molecule has 0 aliphatic rings. The summed E-state index contributed by atoms with van der Waals surface area (Å²) in [7, 11) is 0. The molecule has 6 heteroatoms. The van der Waals surface area contributed by atoms with E-state index in [0.29, 0.717) is 19.3 Å². The highest BCUT2D eigenvalue weighted by molar-refractivity contribution is 5.71. The summed E-state index contributed by atoms with van der Waals surface area (Å²) in [6, 6.07) is 0. The van der Waals surface area contributed by atoms with Crippen molar-refractivity contribution in [2.24, 2.45) is 0 Å². The van der Waals surface area contributed by atoms with Gasteiger partial charge in [0.15, 0.2) is 6.10 Å². The Labute approximate surface area is 397 Å². The maximum Gasteiger partial charge on any atom is 0.306 e. The Kier molecular flexibility index (Phi) is 51.3. The fourth-order valence-corrected chi connectivity index (χ4v) is 8.21. The van der Waals surface area contributed by atoms with Crippen molar-refractivity contribution in [3.05, 3.63) is 36.5 Å². The van der Waals surface area contributed by atoms with Gasteiger partial charge in [0.05, 0.1) is 0 Å². The summed E-state index contributed by atoms with van der Waals surface area (Å²) in [5.41, 5.74) is 0. The Hall–Kier alpha value is -2.37. The third-order valence-electron chi connectivity index (χ3n) is 12.5. The quantitative estimate of drug-likeness (QED) is 0.0262. The van der Waals surface area contributed by atoms with Gasteiger partial charge in [0.2, 0.25) is 0 Å². The standard InChI is InChI=1S/C58H106O6/c1-4-7-10-13-16-19-21-23-25-27-29-31-32-34-36-39-42-45-48-51-57(60)63-54-55(53-62-56(59)50-47-44-41-38-18-15-12-9-6-3)64-58(61)52-49-46-43-40-37-35-33-30-28-26-24-22-20-17-14-11-8-5-2/h22,24,26,28,30,33,55H,4-21,23,25,27,29,31-32,34-54H2,1-3H3/b24-22-,28-26-,33-30-. The molecule has 0 aromatic heterocycles. The van der Waals surface area contributed by atoms with E-state index in [1.165, 1.54) is 180 Å². The molecule has 0 bridgehead atoms. The molecular weight excluding hydrogens is 793 g/mol. The second kappa shape index (κ2) is 53.2. The van der Waals surface area contributed by atoms with Gasteiger partial charge in [-0.15, -0.1) is 0 Å². The maximum atomic E-state index is 12.8. The van der Waals surface area contributed by atoms with Gasteiger partial charge in [-0.3, -0.25) is 14.4 Å². The largest absolute Gasteiger partial charge is 0.462 e. The summed E-state index contributed by atoms with van der Waals surface area (Å²) in [5, 5.41) is 0. The lowest BCUT2D eigenvalue weighted by atomic mass is 10.0. The van der Waals surface area contributed by atoms with Crippen LogP contribution in [0.1, 0.15) is 297 Å². The van der Waals surface area contributed by atoms with E-state index in [0.717, 1.165) is 77.0 Å². The molecule has 1 atom stereocenters. The minimum atomic E-state index is -0.777. The lowest BCUT2D eigenvalue weighted by Gasteiger charge is -2.18. The number of ether oxygens (including phenoxy) is 3. The minimum Gasteiger partial charge on any atom is -0.462 e. The second-order valence-corrected chi connectivity index (χ2v) is 18.9. The first kappa shape index (κ1) is 61.6. The van der Waals surface area contributed by atoms with E-state index < -0.39 is 6.10 Å². The van der Waals surface area contributed by atoms with Gasteiger partial charge in [-0.1, -0.05) is 269 Å². The Morgan fingerprint density at radius 2 is 0.562 bits per heavy atom. The highest BCUT2D eigenvalue weighted by Crippen LogP contribution is 2.16. The van der Waals surface area contributed by atoms with Crippen molar-refractivity contribution in [1.82, 2.24) is 0 Å². The van der Waals surface area contributed by atoms with E-state index in [2.05, 4.69) is 57.2 Å². The van der Waals surface area contributed by atoms with Crippen LogP contribution < -0.4 is 0 Å². The van der Waals surface area contributed by atoms with Gasteiger partial charge in [0.1, 0.15) is 13.2 Å². The molecule has 0 saturated carbocycles. The molecule has 6 nitrogen and oxygen atoms in total. The van der Waals surface area contributed by atoms with Crippen molar-refractivity contribution < 1.29 is 28.6 Å². The smallest absolute Gasteiger partial charge is 0.306 e. The molecule has 0 rings (SSSR count). The van der Waals surface area contributed by atoms with Crippen LogP contribution in [0, 0.1) is 0 Å². The summed E-state index contributed by atoms with van der Waals surface area (Å²) in [5.74, 6) is -0.883. The first-order valence-electron chi connectivity index (χ1n) is 28.0. The predicted molar refractivity (Wildman–Crippen MR) is 275 cm³/mol. The zero-order valence-electron chi connectivity index (χ0n) is 42.8. The Morgan fingerprint density at radius 3 is 0.859 bits per heavy atom. The highest BCUT2D eigenvalue weighted by atomic mass is 16.6. The molecule has 0 saturated heterocycles. The molecule has 0 aromatic carbocycles. The van der Waals surface area contributed by atoms with Gasteiger partial charge in [0, 0.05) is 19.3 Å². The molecule has 0 heterocycles. The highest BCUT2D eigenvalue weighted by Gasteiger charge is 2.19. The summed E-state index contributed by atoms with van der Waals surface area (Å²) >= 11 is 0. The van der Waals surface area contributed by atoms with Gasteiger partial charge in [-0.2, -0.15) is 0 Å². The zero-order chi connectivity index (χ0) is 46.5. The van der Waals surface area contributed by atoms with E-state index in [1.807, 2.05) is 0 Å². The number of unbranched alkanes of at least 4 members (excludes halogenated alkanes) is 36. The van der Waals surface area contributed by atoms with Crippen LogP contribution in [-0.2, 0) is 28.6 Å². The Morgan fingerprint density at radius 1 is 0.312 bits per heavy atom. The molecule has 0 spiro atoms. The Bertz CT molecular complexity index is 1080. The van der Waals surface area contributed by atoms with E-state index in [9.17, 15) is 14.4 Å². The average molecular weight is 899 g/mol. The zero-order valence-corrected chi connectivity index (χ0v) is 42.8. The molecule has 0 aliphatic heterocycles. The summed E-state index contributed by atoms with van der Waals surface area (Å²) in [6.07, 6.45) is 62.8. The maximum absolute atomic E-state index is 12.8. The molecule has 1 unspecified atom stereocenters. The normalized spacial score (nSPS) is 12.2. The monoisotopic (exact) mass is 899 g/mol. The number of hydrogen-bond acceptors (Lipinski definition) is 6. The number of esters is 3. The van der Waals surface area contributed by atoms with Crippen LogP contribution in [0.25, 0.3) is 0 Å². The van der Waals surface area contributed by atoms with Gasteiger partial charge in [-0.05, 0) is 44.9 Å². The molecule has 0 N–H and O–H groups in total. The third kappa shape index (κ3) is 50.6.